The van der Waals surface area contributed by atoms with Crippen molar-refractivity contribution in [1.82, 2.24) is 0 Å². The maximum absolute atomic E-state index is 10.6. The monoisotopic (exact) mass is 675 g/mol. The van der Waals surface area contributed by atoms with Crippen LogP contribution in [0.15, 0.2) is 36.4 Å². The van der Waals surface area contributed by atoms with Gasteiger partial charge in [0.2, 0.25) is 0 Å². The van der Waals surface area contributed by atoms with Gasteiger partial charge in [0.1, 0.15) is 17.2 Å². The minimum atomic E-state index is -0.0215. The molecule has 49 heavy (non-hydrogen) atoms. The molecule has 0 heterocycles. The first-order valence-electron chi connectivity index (χ1n) is 18.5. The van der Waals surface area contributed by atoms with Crippen molar-refractivity contribution in [3.8, 4) is 17.2 Å². The van der Waals surface area contributed by atoms with Crippen molar-refractivity contribution in [2.24, 2.45) is 0 Å². The Kier molecular flexibility index (Phi) is 14.7. The fraction of sp³-hybridized carbons (Fsp3) is 0.609. The van der Waals surface area contributed by atoms with E-state index in [-0.39, 0.29) is 27.1 Å². The van der Waals surface area contributed by atoms with Gasteiger partial charge in [0, 0.05) is 0 Å². The standard InChI is InChI=1S/C18H30O.C16H26O.C12H18O/c1-8-9-10-13-11-14(17(2,3)4)16(19)15(12-13)18(5,6)7;1-8-11-9-12(15(2,3)4)14(17)13(10-11)16(5,6)7;1-8-6-9(2)11(13)10(7-8)12(3,4)5/h11-12,19H,8-10H2,1-7H3;9-10,17H,8H2,1-7H3;6-7,13H,1-5H3. The van der Waals surface area contributed by atoms with Gasteiger partial charge in [-0.1, -0.05) is 166 Å². The van der Waals surface area contributed by atoms with Gasteiger partial charge in [-0.2, -0.15) is 0 Å². The minimum absolute atomic E-state index is 0.0147. The Morgan fingerprint density at radius 2 is 0.735 bits per heavy atom. The molecule has 0 saturated heterocycles. The summed E-state index contributed by atoms with van der Waals surface area (Å²) in [6, 6.07) is 12.7. The lowest BCUT2D eigenvalue weighted by molar-refractivity contribution is 0.421. The van der Waals surface area contributed by atoms with Crippen LogP contribution in [0.2, 0.25) is 0 Å². The summed E-state index contributed by atoms with van der Waals surface area (Å²) < 4.78 is 0. The van der Waals surface area contributed by atoms with E-state index in [1.54, 1.807) is 0 Å². The average molecular weight is 675 g/mol. The molecule has 0 bridgehead atoms. The molecule has 3 aromatic carbocycles. The number of benzene rings is 3. The zero-order valence-corrected chi connectivity index (χ0v) is 35.1. The molecule has 0 aliphatic rings. The van der Waals surface area contributed by atoms with Crippen LogP contribution in [0, 0.1) is 13.8 Å². The van der Waals surface area contributed by atoms with Crippen LogP contribution in [0.1, 0.15) is 181 Å². The predicted octanol–water partition coefficient (Wildman–Crippen LogP) is 13.2. The summed E-state index contributed by atoms with van der Waals surface area (Å²) in [6.45, 7) is 40.6. The topological polar surface area (TPSA) is 60.7 Å². The second kappa shape index (κ2) is 16.4. The zero-order chi connectivity index (χ0) is 38.5. The van der Waals surface area contributed by atoms with E-state index < -0.39 is 0 Å². The van der Waals surface area contributed by atoms with Crippen LogP contribution in [0.5, 0.6) is 17.2 Å². The molecule has 0 radical (unpaired) electrons. The lowest BCUT2D eigenvalue weighted by Crippen LogP contribution is -2.17. The molecular weight excluding hydrogens is 601 g/mol. The summed E-state index contributed by atoms with van der Waals surface area (Å²) in [6.07, 6.45) is 4.52. The van der Waals surface area contributed by atoms with E-state index in [9.17, 15) is 15.3 Å². The number of hydrogen-bond donors (Lipinski definition) is 3. The van der Waals surface area contributed by atoms with Gasteiger partial charge in [0.15, 0.2) is 0 Å². The van der Waals surface area contributed by atoms with E-state index >= 15 is 0 Å². The Morgan fingerprint density at radius 3 is 1.02 bits per heavy atom. The molecule has 0 spiro atoms. The van der Waals surface area contributed by atoms with Crippen LogP contribution in [0.4, 0.5) is 0 Å². The fourth-order valence-corrected chi connectivity index (χ4v) is 5.94. The van der Waals surface area contributed by atoms with Crippen LogP contribution < -0.4 is 0 Å². The highest BCUT2D eigenvalue weighted by molar-refractivity contribution is 5.51. The van der Waals surface area contributed by atoms with E-state index in [0.29, 0.717) is 17.2 Å². The van der Waals surface area contributed by atoms with Crippen LogP contribution in [-0.4, -0.2) is 15.3 Å². The minimum Gasteiger partial charge on any atom is -0.507 e. The predicted molar refractivity (Wildman–Crippen MR) is 215 cm³/mol. The van der Waals surface area contributed by atoms with Crippen molar-refractivity contribution >= 4 is 0 Å². The van der Waals surface area contributed by atoms with Crippen LogP contribution >= 0.6 is 0 Å². The van der Waals surface area contributed by atoms with Crippen molar-refractivity contribution in [3.05, 3.63) is 86.5 Å². The first kappa shape index (κ1) is 44.1. The van der Waals surface area contributed by atoms with Crippen molar-refractivity contribution in [1.29, 1.82) is 0 Å². The summed E-state index contributed by atoms with van der Waals surface area (Å²) in [4.78, 5) is 0. The molecule has 0 aromatic heterocycles. The Balaban J connectivity index is 0.000000374. The number of hydrogen-bond acceptors (Lipinski definition) is 3. The average Bonchev–Trinajstić information content (AvgIpc) is 2.92. The molecule has 0 fully saturated rings. The van der Waals surface area contributed by atoms with Crippen molar-refractivity contribution < 1.29 is 15.3 Å². The summed E-state index contributed by atoms with van der Waals surface area (Å²) in [5.74, 6) is 1.40. The van der Waals surface area contributed by atoms with E-state index in [2.05, 4.69) is 155 Å². The van der Waals surface area contributed by atoms with Crippen LogP contribution in [0.25, 0.3) is 0 Å². The summed E-state index contributed by atoms with van der Waals surface area (Å²) in [5, 5.41) is 30.9. The Morgan fingerprint density at radius 1 is 0.429 bits per heavy atom. The van der Waals surface area contributed by atoms with Gasteiger partial charge in [0.05, 0.1) is 0 Å². The molecule has 3 aromatic rings. The Labute approximate surface area is 302 Å². The first-order valence-corrected chi connectivity index (χ1v) is 18.5. The summed E-state index contributed by atoms with van der Waals surface area (Å²) >= 11 is 0. The maximum Gasteiger partial charge on any atom is 0.123 e. The van der Waals surface area contributed by atoms with Gasteiger partial charge in [-0.05, 0) is 105 Å². The molecule has 0 aliphatic heterocycles. The van der Waals surface area contributed by atoms with E-state index in [0.717, 1.165) is 46.2 Å². The largest absolute Gasteiger partial charge is 0.507 e. The molecule has 3 N–H and O–H groups in total. The normalized spacial score (nSPS) is 12.6. The SMILES string of the molecule is CCCCc1cc(C(C)(C)C)c(O)c(C(C)(C)C)c1.CCc1cc(C(C)(C)C)c(O)c(C(C)(C)C)c1.Cc1cc(C)c(O)c(C(C)(C)C)c1. The highest BCUT2D eigenvalue weighted by Crippen LogP contribution is 2.41. The summed E-state index contributed by atoms with van der Waals surface area (Å²) in [5.41, 5.74) is 10.1. The highest BCUT2D eigenvalue weighted by Gasteiger charge is 2.27. The van der Waals surface area contributed by atoms with Crippen molar-refractivity contribution in [3.63, 3.8) is 0 Å². The van der Waals surface area contributed by atoms with Gasteiger partial charge in [0.25, 0.3) is 0 Å². The zero-order valence-electron chi connectivity index (χ0n) is 35.1. The number of aryl methyl sites for hydroxylation is 4. The second-order valence-corrected chi connectivity index (χ2v) is 19.3. The molecule has 0 atom stereocenters. The maximum atomic E-state index is 10.6. The van der Waals surface area contributed by atoms with Gasteiger partial charge in [-0.25, -0.2) is 0 Å². The third-order valence-corrected chi connectivity index (χ3v) is 9.05. The molecule has 0 saturated carbocycles. The number of unbranched alkanes of at least 4 members (excludes halogenated alkanes) is 1. The van der Waals surface area contributed by atoms with Crippen LogP contribution in [0.3, 0.4) is 0 Å². The van der Waals surface area contributed by atoms with Gasteiger partial charge in [-0.15, -0.1) is 0 Å². The lowest BCUT2D eigenvalue weighted by Gasteiger charge is -2.28. The molecule has 0 amide bonds. The third kappa shape index (κ3) is 12.7. The summed E-state index contributed by atoms with van der Waals surface area (Å²) in [7, 11) is 0. The van der Waals surface area contributed by atoms with Gasteiger partial charge < -0.3 is 15.3 Å². The number of rotatable bonds is 4. The Hall–Kier alpha value is -2.94. The third-order valence-electron chi connectivity index (χ3n) is 9.05. The number of aromatic hydroxyl groups is 3. The molecular formula is C46H74O3. The quantitative estimate of drug-likeness (QED) is 0.258. The molecule has 0 unspecified atom stereocenters. The second-order valence-electron chi connectivity index (χ2n) is 19.3. The van der Waals surface area contributed by atoms with E-state index in [1.807, 2.05) is 13.0 Å². The van der Waals surface area contributed by atoms with Crippen molar-refractivity contribution in [2.75, 3.05) is 0 Å². The molecule has 0 aliphatic carbocycles. The fourth-order valence-electron chi connectivity index (χ4n) is 5.94. The first-order chi connectivity index (χ1) is 22.0. The lowest BCUT2D eigenvalue weighted by atomic mass is 9.78. The van der Waals surface area contributed by atoms with Crippen molar-refractivity contribution in [2.45, 2.75) is 184 Å². The molecule has 3 nitrogen and oxygen atoms in total. The molecule has 3 rings (SSSR count). The number of phenolic OH excluding ortho intramolecular Hbond substituents is 3. The molecule has 3 heteroatoms. The molecule has 276 valence electrons. The Bertz CT molecular complexity index is 1450. The van der Waals surface area contributed by atoms with Crippen LogP contribution in [-0.2, 0) is 39.9 Å². The number of phenols is 3. The van der Waals surface area contributed by atoms with Gasteiger partial charge >= 0.3 is 0 Å². The van der Waals surface area contributed by atoms with Gasteiger partial charge in [-0.3, -0.25) is 0 Å². The van der Waals surface area contributed by atoms with E-state index in [4.69, 9.17) is 0 Å². The van der Waals surface area contributed by atoms with E-state index in [1.165, 1.54) is 29.5 Å². The smallest absolute Gasteiger partial charge is 0.123 e. The highest BCUT2D eigenvalue weighted by atomic mass is 16.3.